The molecule has 2 aromatic rings. The lowest BCUT2D eigenvalue weighted by molar-refractivity contribution is -0.140. The maximum atomic E-state index is 13.3. The number of Topliss-reactive ketones (excluding diaryl/α,β-unsaturated/α-hetero) is 1. The summed E-state index contributed by atoms with van der Waals surface area (Å²) < 4.78 is 11.3. The average molecular weight is 509 g/mol. The minimum Gasteiger partial charge on any atom is -0.507 e. The summed E-state index contributed by atoms with van der Waals surface area (Å²) in [7, 11) is 0. The van der Waals surface area contributed by atoms with Gasteiger partial charge in [0.15, 0.2) is 0 Å². The molecule has 37 heavy (non-hydrogen) atoms. The molecule has 1 N–H and O–H groups in total. The van der Waals surface area contributed by atoms with Gasteiger partial charge in [0, 0.05) is 12.1 Å². The Kier molecular flexibility index (Phi) is 10.6. The quantitative estimate of drug-likeness (QED) is 0.159. The minimum absolute atomic E-state index is 0.108. The Hall–Kier alpha value is -3.32. The molecule has 0 bridgehead atoms. The number of carbonyl (C=O) groups is 2. The highest BCUT2D eigenvalue weighted by atomic mass is 16.5. The largest absolute Gasteiger partial charge is 0.507 e. The van der Waals surface area contributed by atoms with E-state index in [0.717, 1.165) is 50.2 Å². The van der Waals surface area contributed by atoms with Gasteiger partial charge in [-0.05, 0) is 81.4 Å². The first-order valence-electron chi connectivity index (χ1n) is 13.4. The predicted molar refractivity (Wildman–Crippen MR) is 146 cm³/mol. The van der Waals surface area contributed by atoms with E-state index in [1.807, 2.05) is 31.2 Å². The molecule has 0 unspecified atom stereocenters. The van der Waals surface area contributed by atoms with Crippen LogP contribution in [0.5, 0.6) is 11.5 Å². The standard InChI is InChI=1S/C30H40N2O5/c1-5-9-21-37-25-15-11-22(12-16-25)27-26(28(33)23-13-17-24(18-14-23)36-8-4)29(34)30(35)32(27)20-10-19-31(6-2)7-3/h11-18,27,33H,5-10,19-21H2,1-4H3/t27-/m0/s1. The van der Waals surface area contributed by atoms with Gasteiger partial charge in [-0.25, -0.2) is 0 Å². The van der Waals surface area contributed by atoms with Gasteiger partial charge in [-0.1, -0.05) is 39.3 Å². The zero-order valence-electron chi connectivity index (χ0n) is 22.5. The fraction of sp³-hybridized carbons (Fsp3) is 0.467. The molecule has 0 spiro atoms. The van der Waals surface area contributed by atoms with Crippen LogP contribution in [0.15, 0.2) is 54.1 Å². The van der Waals surface area contributed by atoms with Gasteiger partial charge in [-0.3, -0.25) is 9.59 Å². The van der Waals surface area contributed by atoms with E-state index in [2.05, 4.69) is 25.7 Å². The van der Waals surface area contributed by atoms with Crippen LogP contribution in [0.3, 0.4) is 0 Å². The maximum absolute atomic E-state index is 13.3. The maximum Gasteiger partial charge on any atom is 0.295 e. The molecule has 200 valence electrons. The summed E-state index contributed by atoms with van der Waals surface area (Å²) in [4.78, 5) is 30.4. The number of hydrogen-bond donors (Lipinski definition) is 1. The number of carbonyl (C=O) groups excluding carboxylic acids is 2. The van der Waals surface area contributed by atoms with Crippen molar-refractivity contribution in [1.82, 2.24) is 9.80 Å². The Morgan fingerprint density at radius 2 is 1.51 bits per heavy atom. The summed E-state index contributed by atoms with van der Waals surface area (Å²) >= 11 is 0. The molecule has 7 heteroatoms. The number of hydrogen-bond acceptors (Lipinski definition) is 6. The van der Waals surface area contributed by atoms with Crippen LogP contribution in [0.2, 0.25) is 0 Å². The van der Waals surface area contributed by atoms with E-state index in [4.69, 9.17) is 9.47 Å². The van der Waals surface area contributed by atoms with Crippen molar-refractivity contribution in [3.63, 3.8) is 0 Å². The van der Waals surface area contributed by atoms with Crippen molar-refractivity contribution in [2.45, 2.75) is 53.0 Å². The van der Waals surface area contributed by atoms with E-state index in [0.29, 0.717) is 31.1 Å². The van der Waals surface area contributed by atoms with Gasteiger partial charge in [-0.15, -0.1) is 0 Å². The lowest BCUT2D eigenvalue weighted by atomic mass is 9.95. The van der Waals surface area contributed by atoms with Crippen molar-refractivity contribution in [1.29, 1.82) is 0 Å². The van der Waals surface area contributed by atoms with Crippen LogP contribution >= 0.6 is 0 Å². The second-order valence-corrected chi connectivity index (χ2v) is 9.10. The molecule has 1 heterocycles. The van der Waals surface area contributed by atoms with Gasteiger partial charge in [0.2, 0.25) is 0 Å². The third-order valence-electron chi connectivity index (χ3n) is 6.71. The van der Waals surface area contributed by atoms with Gasteiger partial charge in [0.25, 0.3) is 11.7 Å². The molecule has 1 amide bonds. The van der Waals surface area contributed by atoms with Crippen molar-refractivity contribution in [2.24, 2.45) is 0 Å². The first kappa shape index (κ1) is 28.3. The fourth-order valence-corrected chi connectivity index (χ4v) is 4.57. The molecule has 3 rings (SSSR count). The molecular formula is C30H40N2O5. The van der Waals surface area contributed by atoms with Crippen LogP contribution in [-0.4, -0.2) is 66.0 Å². The number of aliphatic hydroxyl groups excluding tert-OH is 1. The number of nitrogens with zero attached hydrogens (tertiary/aromatic N) is 2. The number of rotatable bonds is 14. The first-order chi connectivity index (χ1) is 17.9. The van der Waals surface area contributed by atoms with Crippen LogP contribution in [0.25, 0.3) is 5.76 Å². The zero-order chi connectivity index (χ0) is 26.8. The smallest absolute Gasteiger partial charge is 0.295 e. The van der Waals surface area contributed by atoms with Crippen LogP contribution in [-0.2, 0) is 9.59 Å². The molecule has 1 aliphatic rings. The van der Waals surface area contributed by atoms with Crippen molar-refractivity contribution in [3.8, 4) is 11.5 Å². The van der Waals surface area contributed by atoms with E-state index in [1.165, 1.54) is 0 Å². The Bertz CT molecular complexity index is 1060. The molecule has 7 nitrogen and oxygen atoms in total. The van der Waals surface area contributed by atoms with Crippen molar-refractivity contribution in [3.05, 3.63) is 65.2 Å². The molecule has 2 aromatic carbocycles. The van der Waals surface area contributed by atoms with Gasteiger partial charge >= 0.3 is 0 Å². The number of unbranched alkanes of at least 4 members (excludes halogenated alkanes) is 1. The van der Waals surface area contributed by atoms with Gasteiger partial charge in [0.1, 0.15) is 17.3 Å². The predicted octanol–water partition coefficient (Wildman–Crippen LogP) is 5.42. The monoisotopic (exact) mass is 508 g/mol. The molecule has 0 radical (unpaired) electrons. The second-order valence-electron chi connectivity index (χ2n) is 9.10. The van der Waals surface area contributed by atoms with Crippen LogP contribution < -0.4 is 9.47 Å². The topological polar surface area (TPSA) is 79.3 Å². The number of likely N-dealkylation sites (tertiary alicyclic amines) is 1. The van der Waals surface area contributed by atoms with E-state index in [1.54, 1.807) is 29.2 Å². The minimum atomic E-state index is -0.673. The molecule has 1 aliphatic heterocycles. The Balaban J connectivity index is 1.96. The second kappa shape index (κ2) is 13.8. The Morgan fingerprint density at radius 1 is 0.892 bits per heavy atom. The normalized spacial score (nSPS) is 17.0. The van der Waals surface area contributed by atoms with Crippen LogP contribution in [0.1, 0.15) is 64.1 Å². The van der Waals surface area contributed by atoms with E-state index in [9.17, 15) is 14.7 Å². The SMILES string of the molecule is CCCCOc1ccc([C@H]2C(=C(O)c3ccc(OCC)cc3)C(=O)C(=O)N2CCCN(CC)CC)cc1. The van der Waals surface area contributed by atoms with Crippen molar-refractivity contribution in [2.75, 3.05) is 39.4 Å². The number of ether oxygens (including phenoxy) is 2. The van der Waals surface area contributed by atoms with Crippen molar-refractivity contribution < 1.29 is 24.2 Å². The van der Waals surface area contributed by atoms with Crippen LogP contribution in [0, 0.1) is 0 Å². The lowest BCUT2D eigenvalue weighted by Gasteiger charge is -2.27. The summed E-state index contributed by atoms with van der Waals surface area (Å²) in [6.45, 7) is 12.5. The molecule has 0 aliphatic carbocycles. The average Bonchev–Trinajstić information content (AvgIpc) is 3.17. The lowest BCUT2D eigenvalue weighted by Crippen LogP contribution is -2.33. The summed E-state index contributed by atoms with van der Waals surface area (Å²) in [5.74, 6) is -0.0166. The van der Waals surface area contributed by atoms with E-state index in [-0.39, 0.29) is 11.3 Å². The Labute approximate surface area is 220 Å². The third kappa shape index (κ3) is 6.92. The summed E-state index contributed by atoms with van der Waals surface area (Å²) in [6.07, 6.45) is 2.74. The highest BCUT2D eigenvalue weighted by Crippen LogP contribution is 2.40. The molecule has 1 saturated heterocycles. The molecule has 1 atom stereocenters. The number of benzene rings is 2. The Morgan fingerprint density at radius 3 is 2.11 bits per heavy atom. The van der Waals surface area contributed by atoms with Gasteiger partial charge in [-0.2, -0.15) is 0 Å². The van der Waals surface area contributed by atoms with E-state index >= 15 is 0 Å². The highest BCUT2D eigenvalue weighted by Gasteiger charge is 2.45. The highest BCUT2D eigenvalue weighted by molar-refractivity contribution is 6.46. The van der Waals surface area contributed by atoms with E-state index < -0.39 is 17.7 Å². The molecule has 0 saturated carbocycles. The number of ketones is 1. The van der Waals surface area contributed by atoms with Gasteiger partial charge < -0.3 is 24.4 Å². The van der Waals surface area contributed by atoms with Crippen LogP contribution in [0.4, 0.5) is 0 Å². The first-order valence-corrected chi connectivity index (χ1v) is 13.4. The van der Waals surface area contributed by atoms with Crippen molar-refractivity contribution >= 4 is 17.4 Å². The zero-order valence-corrected chi connectivity index (χ0v) is 22.5. The molecular weight excluding hydrogens is 468 g/mol. The van der Waals surface area contributed by atoms with Gasteiger partial charge in [0.05, 0.1) is 24.8 Å². The summed E-state index contributed by atoms with van der Waals surface area (Å²) in [6, 6.07) is 13.7. The molecule has 0 aromatic heterocycles. The molecule has 1 fully saturated rings. The summed E-state index contributed by atoms with van der Waals surface area (Å²) in [5.41, 5.74) is 1.34. The third-order valence-corrected chi connectivity index (χ3v) is 6.71. The number of aliphatic hydroxyl groups is 1. The summed E-state index contributed by atoms with van der Waals surface area (Å²) in [5, 5.41) is 11.3. The fourth-order valence-electron chi connectivity index (χ4n) is 4.57. The number of amides is 1.